The van der Waals surface area contributed by atoms with Crippen LogP contribution < -0.4 is 0 Å². The van der Waals surface area contributed by atoms with Crippen LogP contribution in [0.1, 0.15) is 26.2 Å². The van der Waals surface area contributed by atoms with Crippen LogP contribution >= 0.6 is 0 Å². The lowest BCUT2D eigenvalue weighted by molar-refractivity contribution is -0.116. The molecule has 0 aliphatic rings. The van der Waals surface area contributed by atoms with Crippen molar-refractivity contribution in [1.29, 1.82) is 0 Å². The van der Waals surface area contributed by atoms with Crippen molar-refractivity contribution in [2.75, 3.05) is 6.61 Å². The second-order valence-corrected chi connectivity index (χ2v) is 2.22. The molecule has 0 bridgehead atoms. The molecule has 0 heterocycles. The van der Waals surface area contributed by atoms with E-state index >= 15 is 0 Å². The Morgan fingerprint density at radius 1 is 1.40 bits per heavy atom. The minimum Gasteiger partial charge on any atom is -0.396 e. The summed E-state index contributed by atoms with van der Waals surface area (Å²) in [6.45, 7) is 1.77. The van der Waals surface area contributed by atoms with Gasteiger partial charge >= 0.3 is 0 Å². The standard InChI is InChI=1S/C8H14O2/c1-8(10)6-4-2-3-5-7-9/h2-3,9H,4-7H2,1H3/b3-2+. The minimum atomic E-state index is 0.191. The Labute approximate surface area is 61.6 Å². The molecule has 0 aromatic rings. The van der Waals surface area contributed by atoms with Gasteiger partial charge in [-0.25, -0.2) is 0 Å². The summed E-state index contributed by atoms with van der Waals surface area (Å²) in [7, 11) is 0. The van der Waals surface area contributed by atoms with Crippen LogP contribution in [0, 0.1) is 0 Å². The summed E-state index contributed by atoms with van der Waals surface area (Å²) < 4.78 is 0. The summed E-state index contributed by atoms with van der Waals surface area (Å²) in [5.41, 5.74) is 0. The Bertz CT molecular complexity index is 116. The number of rotatable bonds is 5. The van der Waals surface area contributed by atoms with Gasteiger partial charge in [0.1, 0.15) is 5.78 Å². The number of aliphatic hydroxyl groups excluding tert-OH is 1. The van der Waals surface area contributed by atoms with Gasteiger partial charge in [0.25, 0.3) is 0 Å². The topological polar surface area (TPSA) is 37.3 Å². The normalized spacial score (nSPS) is 10.6. The van der Waals surface area contributed by atoms with Crippen molar-refractivity contribution in [2.45, 2.75) is 26.2 Å². The zero-order chi connectivity index (χ0) is 7.82. The van der Waals surface area contributed by atoms with E-state index in [9.17, 15) is 4.79 Å². The summed E-state index contributed by atoms with van der Waals surface area (Å²) >= 11 is 0. The number of hydrogen-bond donors (Lipinski definition) is 1. The molecule has 0 aromatic heterocycles. The molecular formula is C8H14O2. The Hall–Kier alpha value is -0.630. The van der Waals surface area contributed by atoms with Crippen LogP contribution in [-0.4, -0.2) is 17.5 Å². The summed E-state index contributed by atoms with van der Waals surface area (Å²) in [5, 5.41) is 8.36. The van der Waals surface area contributed by atoms with E-state index in [0.29, 0.717) is 12.8 Å². The van der Waals surface area contributed by atoms with E-state index < -0.39 is 0 Å². The van der Waals surface area contributed by atoms with E-state index in [4.69, 9.17) is 5.11 Å². The van der Waals surface area contributed by atoms with Crippen LogP contribution in [-0.2, 0) is 4.79 Å². The van der Waals surface area contributed by atoms with Gasteiger partial charge in [0.2, 0.25) is 0 Å². The number of carbonyl (C=O) groups is 1. The molecule has 0 atom stereocenters. The fourth-order valence-corrected chi connectivity index (χ4v) is 0.597. The highest BCUT2D eigenvalue weighted by Gasteiger charge is 1.87. The quantitative estimate of drug-likeness (QED) is 0.587. The molecule has 2 nitrogen and oxygen atoms in total. The van der Waals surface area contributed by atoms with Gasteiger partial charge in [0.05, 0.1) is 0 Å². The van der Waals surface area contributed by atoms with E-state index in [1.807, 2.05) is 12.2 Å². The third-order valence-electron chi connectivity index (χ3n) is 1.13. The Kier molecular flexibility index (Phi) is 6.08. The smallest absolute Gasteiger partial charge is 0.130 e. The van der Waals surface area contributed by atoms with Gasteiger partial charge in [0, 0.05) is 13.0 Å². The van der Waals surface area contributed by atoms with Crippen molar-refractivity contribution in [3.63, 3.8) is 0 Å². The zero-order valence-corrected chi connectivity index (χ0v) is 6.34. The predicted octanol–water partition coefficient (Wildman–Crippen LogP) is 1.29. The van der Waals surface area contributed by atoms with Gasteiger partial charge in [-0.2, -0.15) is 0 Å². The number of ketones is 1. The van der Waals surface area contributed by atoms with Crippen molar-refractivity contribution >= 4 is 5.78 Å². The molecule has 10 heavy (non-hydrogen) atoms. The number of hydrogen-bond acceptors (Lipinski definition) is 2. The van der Waals surface area contributed by atoms with Gasteiger partial charge in [-0.1, -0.05) is 12.2 Å². The average molecular weight is 142 g/mol. The SMILES string of the molecule is CC(=O)CC/C=C/CCO. The summed E-state index contributed by atoms with van der Waals surface area (Å²) in [4.78, 5) is 10.4. The molecule has 0 rings (SSSR count). The summed E-state index contributed by atoms with van der Waals surface area (Å²) in [5.74, 6) is 0.216. The minimum absolute atomic E-state index is 0.191. The molecule has 0 unspecified atom stereocenters. The molecule has 0 aliphatic carbocycles. The number of Topliss-reactive ketones (excluding diaryl/α,β-unsaturated/α-hetero) is 1. The van der Waals surface area contributed by atoms with Crippen LogP contribution in [0.4, 0.5) is 0 Å². The molecule has 0 saturated heterocycles. The van der Waals surface area contributed by atoms with Crippen LogP contribution in [0.15, 0.2) is 12.2 Å². The maximum atomic E-state index is 10.4. The van der Waals surface area contributed by atoms with Gasteiger partial charge in [-0.05, 0) is 19.8 Å². The number of aliphatic hydroxyl groups is 1. The van der Waals surface area contributed by atoms with Gasteiger partial charge in [-0.15, -0.1) is 0 Å². The van der Waals surface area contributed by atoms with E-state index in [2.05, 4.69) is 0 Å². The lowest BCUT2D eigenvalue weighted by Gasteiger charge is -1.87. The monoisotopic (exact) mass is 142 g/mol. The average Bonchev–Trinajstić information content (AvgIpc) is 1.87. The molecule has 0 aliphatic heterocycles. The fourth-order valence-electron chi connectivity index (χ4n) is 0.597. The third-order valence-corrected chi connectivity index (χ3v) is 1.13. The predicted molar refractivity (Wildman–Crippen MR) is 40.8 cm³/mol. The lowest BCUT2D eigenvalue weighted by Crippen LogP contribution is -1.86. The number of carbonyl (C=O) groups excluding carboxylic acids is 1. The molecule has 1 N–H and O–H groups in total. The maximum Gasteiger partial charge on any atom is 0.130 e. The molecule has 0 saturated carbocycles. The van der Waals surface area contributed by atoms with Crippen LogP contribution in [0.5, 0.6) is 0 Å². The Morgan fingerprint density at radius 3 is 2.50 bits per heavy atom. The molecule has 0 fully saturated rings. The third kappa shape index (κ3) is 7.37. The maximum absolute atomic E-state index is 10.4. The largest absolute Gasteiger partial charge is 0.396 e. The molecule has 0 spiro atoms. The molecule has 0 amide bonds. The fraction of sp³-hybridized carbons (Fsp3) is 0.625. The van der Waals surface area contributed by atoms with Gasteiger partial charge < -0.3 is 9.90 Å². The van der Waals surface area contributed by atoms with Crippen molar-refractivity contribution < 1.29 is 9.90 Å². The summed E-state index contributed by atoms with van der Waals surface area (Å²) in [6, 6.07) is 0. The van der Waals surface area contributed by atoms with E-state index in [1.165, 1.54) is 0 Å². The highest BCUT2D eigenvalue weighted by atomic mass is 16.2. The van der Waals surface area contributed by atoms with Gasteiger partial charge in [-0.3, -0.25) is 0 Å². The first-order chi connectivity index (χ1) is 4.77. The van der Waals surface area contributed by atoms with Crippen molar-refractivity contribution in [2.24, 2.45) is 0 Å². The molecule has 2 heteroatoms. The second kappa shape index (κ2) is 6.49. The van der Waals surface area contributed by atoms with Crippen molar-refractivity contribution in [3.8, 4) is 0 Å². The lowest BCUT2D eigenvalue weighted by atomic mass is 10.2. The van der Waals surface area contributed by atoms with E-state index in [1.54, 1.807) is 6.92 Å². The van der Waals surface area contributed by atoms with Crippen LogP contribution in [0.2, 0.25) is 0 Å². The first-order valence-electron chi connectivity index (χ1n) is 3.52. The molecule has 0 radical (unpaired) electrons. The summed E-state index contributed by atoms with van der Waals surface area (Å²) in [6.07, 6.45) is 5.93. The van der Waals surface area contributed by atoms with Crippen LogP contribution in [0.3, 0.4) is 0 Å². The molecule has 0 aromatic carbocycles. The Morgan fingerprint density at radius 2 is 2.00 bits per heavy atom. The second-order valence-electron chi connectivity index (χ2n) is 2.22. The van der Waals surface area contributed by atoms with Crippen LogP contribution in [0.25, 0.3) is 0 Å². The number of allylic oxidation sites excluding steroid dienone is 1. The Balaban J connectivity index is 3.10. The highest BCUT2D eigenvalue weighted by Crippen LogP contribution is 1.92. The van der Waals surface area contributed by atoms with Crippen molar-refractivity contribution in [3.05, 3.63) is 12.2 Å². The van der Waals surface area contributed by atoms with Crippen molar-refractivity contribution in [1.82, 2.24) is 0 Å². The highest BCUT2D eigenvalue weighted by molar-refractivity contribution is 5.75. The first kappa shape index (κ1) is 9.37. The molecular weight excluding hydrogens is 128 g/mol. The first-order valence-corrected chi connectivity index (χ1v) is 3.52. The van der Waals surface area contributed by atoms with E-state index in [0.717, 1.165) is 6.42 Å². The van der Waals surface area contributed by atoms with E-state index in [-0.39, 0.29) is 12.4 Å². The zero-order valence-electron chi connectivity index (χ0n) is 6.34. The van der Waals surface area contributed by atoms with Gasteiger partial charge in [0.15, 0.2) is 0 Å². The molecule has 58 valence electrons.